The summed E-state index contributed by atoms with van der Waals surface area (Å²) >= 11 is 1.80. The van der Waals surface area contributed by atoms with Crippen LogP contribution in [0.5, 0.6) is 0 Å². The van der Waals surface area contributed by atoms with E-state index in [9.17, 15) is 0 Å². The van der Waals surface area contributed by atoms with Crippen LogP contribution in [0, 0.1) is 0 Å². The van der Waals surface area contributed by atoms with Crippen LogP contribution in [0.3, 0.4) is 0 Å². The number of rotatable bonds is 6. The van der Waals surface area contributed by atoms with Crippen LogP contribution in [0.25, 0.3) is 0 Å². The first kappa shape index (κ1) is 13.7. The molecule has 92 valence electrons. The summed E-state index contributed by atoms with van der Waals surface area (Å²) in [5.74, 6) is 0. The van der Waals surface area contributed by atoms with Crippen LogP contribution in [-0.4, -0.2) is 30.6 Å². The molecule has 0 fully saturated rings. The minimum Gasteiger partial charge on any atom is -0.326 e. The topological polar surface area (TPSA) is 29.3 Å². The molecule has 0 saturated carbocycles. The largest absolute Gasteiger partial charge is 0.326 e. The molecule has 2 N–H and O–H groups in total. The SMILES string of the molecule is CCC(CC)(C(N)Cc1cccs1)N(C)C. The highest BCUT2D eigenvalue weighted by atomic mass is 32.1. The first-order valence-electron chi connectivity index (χ1n) is 6.02. The smallest absolute Gasteiger partial charge is 0.0352 e. The third kappa shape index (κ3) is 2.65. The van der Waals surface area contributed by atoms with Gasteiger partial charge in [0.25, 0.3) is 0 Å². The summed E-state index contributed by atoms with van der Waals surface area (Å²) in [5, 5.41) is 2.12. The zero-order valence-electron chi connectivity index (χ0n) is 10.9. The zero-order valence-corrected chi connectivity index (χ0v) is 11.7. The molecular formula is C13H24N2S. The van der Waals surface area contributed by atoms with Crippen molar-refractivity contribution in [3.05, 3.63) is 22.4 Å². The standard InChI is InChI=1S/C13H24N2S/c1-5-13(6-2,15(3)4)12(14)10-11-8-7-9-16-11/h7-9,12H,5-6,10,14H2,1-4H3. The molecular weight excluding hydrogens is 216 g/mol. The summed E-state index contributed by atoms with van der Waals surface area (Å²) in [4.78, 5) is 3.69. The van der Waals surface area contributed by atoms with Crippen molar-refractivity contribution in [2.24, 2.45) is 5.73 Å². The first-order valence-corrected chi connectivity index (χ1v) is 6.90. The normalized spacial score (nSPS) is 14.4. The molecule has 1 aromatic rings. The number of nitrogens with zero attached hydrogens (tertiary/aromatic N) is 1. The van der Waals surface area contributed by atoms with Crippen LogP contribution < -0.4 is 5.73 Å². The first-order chi connectivity index (χ1) is 7.56. The third-order valence-electron chi connectivity index (χ3n) is 3.81. The Morgan fingerprint density at radius 2 is 2.00 bits per heavy atom. The lowest BCUT2D eigenvalue weighted by atomic mass is 9.82. The van der Waals surface area contributed by atoms with Crippen molar-refractivity contribution in [2.45, 2.75) is 44.7 Å². The number of nitrogens with two attached hydrogens (primary N) is 1. The monoisotopic (exact) mass is 240 g/mol. The maximum Gasteiger partial charge on any atom is 0.0352 e. The maximum atomic E-state index is 6.43. The van der Waals surface area contributed by atoms with Crippen LogP contribution in [-0.2, 0) is 6.42 Å². The van der Waals surface area contributed by atoms with Crippen molar-refractivity contribution in [3.63, 3.8) is 0 Å². The molecule has 3 heteroatoms. The molecule has 2 nitrogen and oxygen atoms in total. The molecule has 1 heterocycles. The van der Waals surface area contributed by atoms with E-state index in [1.807, 2.05) is 0 Å². The highest BCUT2D eigenvalue weighted by Crippen LogP contribution is 2.27. The quantitative estimate of drug-likeness (QED) is 0.828. The van der Waals surface area contributed by atoms with Crippen LogP contribution in [0.2, 0.25) is 0 Å². The van der Waals surface area contributed by atoms with Gasteiger partial charge in [0.1, 0.15) is 0 Å². The second-order valence-corrected chi connectivity index (χ2v) is 5.63. The molecule has 16 heavy (non-hydrogen) atoms. The molecule has 1 unspecified atom stereocenters. The van der Waals surface area contributed by atoms with Crippen LogP contribution >= 0.6 is 11.3 Å². The Labute approximate surface area is 103 Å². The predicted molar refractivity (Wildman–Crippen MR) is 73.0 cm³/mol. The Kier molecular flexibility index (Phi) is 4.96. The van der Waals surface area contributed by atoms with Crippen molar-refractivity contribution in [2.75, 3.05) is 14.1 Å². The van der Waals surface area contributed by atoms with E-state index in [1.54, 1.807) is 11.3 Å². The van der Waals surface area contributed by atoms with Crippen molar-refractivity contribution < 1.29 is 0 Å². The number of hydrogen-bond acceptors (Lipinski definition) is 3. The molecule has 0 aliphatic carbocycles. The van der Waals surface area contributed by atoms with Crippen molar-refractivity contribution in [1.29, 1.82) is 0 Å². The maximum absolute atomic E-state index is 6.43. The Balaban J connectivity index is 2.78. The Bertz CT molecular complexity index is 289. The van der Waals surface area contributed by atoms with E-state index >= 15 is 0 Å². The molecule has 0 aliphatic rings. The van der Waals surface area contributed by atoms with Crippen molar-refractivity contribution in [3.8, 4) is 0 Å². The molecule has 0 radical (unpaired) electrons. The van der Waals surface area contributed by atoms with Crippen LogP contribution in [0.15, 0.2) is 17.5 Å². The lowest BCUT2D eigenvalue weighted by Gasteiger charge is -2.43. The fourth-order valence-electron chi connectivity index (χ4n) is 2.57. The average Bonchev–Trinajstić information content (AvgIpc) is 2.72. The summed E-state index contributed by atoms with van der Waals surface area (Å²) in [6, 6.07) is 4.48. The minimum absolute atomic E-state index is 0.129. The average molecular weight is 240 g/mol. The molecule has 0 saturated heterocycles. The predicted octanol–water partition coefficient (Wildman–Crippen LogP) is 2.74. The van der Waals surface area contributed by atoms with Crippen molar-refractivity contribution >= 4 is 11.3 Å². The van der Waals surface area contributed by atoms with Crippen molar-refractivity contribution in [1.82, 2.24) is 4.90 Å². The van der Waals surface area contributed by atoms with E-state index in [1.165, 1.54) is 4.88 Å². The molecule has 1 aromatic heterocycles. The number of thiophene rings is 1. The number of likely N-dealkylation sites (N-methyl/N-ethyl adjacent to an activating group) is 1. The summed E-state index contributed by atoms with van der Waals surface area (Å²) in [6.45, 7) is 4.47. The molecule has 0 aliphatic heterocycles. The molecule has 0 aromatic carbocycles. The van der Waals surface area contributed by atoms with Gasteiger partial charge >= 0.3 is 0 Å². The van der Waals surface area contributed by atoms with Gasteiger partial charge in [-0.1, -0.05) is 19.9 Å². The van der Waals surface area contributed by atoms with Gasteiger partial charge in [-0.15, -0.1) is 11.3 Å². The second kappa shape index (κ2) is 5.80. The summed E-state index contributed by atoms with van der Waals surface area (Å²) in [7, 11) is 4.28. The Morgan fingerprint density at radius 3 is 2.38 bits per heavy atom. The van der Waals surface area contributed by atoms with E-state index in [0.717, 1.165) is 19.3 Å². The van der Waals surface area contributed by atoms with Crippen LogP contribution in [0.4, 0.5) is 0 Å². The Hall–Kier alpha value is -0.380. The van der Waals surface area contributed by atoms with Gasteiger partial charge in [-0.05, 0) is 44.8 Å². The van der Waals surface area contributed by atoms with Gasteiger partial charge in [-0.2, -0.15) is 0 Å². The third-order valence-corrected chi connectivity index (χ3v) is 4.71. The van der Waals surface area contributed by atoms with Gasteiger partial charge in [0.2, 0.25) is 0 Å². The highest BCUT2D eigenvalue weighted by molar-refractivity contribution is 7.09. The lowest BCUT2D eigenvalue weighted by Crippen LogP contribution is -2.57. The van der Waals surface area contributed by atoms with Gasteiger partial charge in [0.05, 0.1) is 0 Å². The van der Waals surface area contributed by atoms with Gasteiger partial charge < -0.3 is 10.6 Å². The molecule has 0 bridgehead atoms. The van der Waals surface area contributed by atoms with E-state index in [2.05, 4.69) is 50.4 Å². The zero-order chi connectivity index (χ0) is 12.2. The molecule has 0 spiro atoms. The highest BCUT2D eigenvalue weighted by Gasteiger charge is 2.35. The van der Waals surface area contributed by atoms with E-state index in [4.69, 9.17) is 5.73 Å². The fraction of sp³-hybridized carbons (Fsp3) is 0.692. The summed E-state index contributed by atoms with van der Waals surface area (Å²) < 4.78 is 0. The van der Waals surface area contributed by atoms with Gasteiger partial charge in [0, 0.05) is 16.5 Å². The lowest BCUT2D eigenvalue weighted by molar-refractivity contribution is 0.106. The van der Waals surface area contributed by atoms with Gasteiger partial charge in [-0.3, -0.25) is 0 Å². The second-order valence-electron chi connectivity index (χ2n) is 4.60. The Morgan fingerprint density at radius 1 is 1.38 bits per heavy atom. The van der Waals surface area contributed by atoms with E-state index in [0.29, 0.717) is 0 Å². The van der Waals surface area contributed by atoms with E-state index < -0.39 is 0 Å². The fourth-order valence-corrected chi connectivity index (χ4v) is 3.34. The van der Waals surface area contributed by atoms with E-state index in [-0.39, 0.29) is 11.6 Å². The molecule has 0 amide bonds. The van der Waals surface area contributed by atoms with Gasteiger partial charge in [-0.25, -0.2) is 0 Å². The molecule has 1 rings (SSSR count). The molecule has 1 atom stereocenters. The summed E-state index contributed by atoms with van der Waals surface area (Å²) in [6.07, 6.45) is 3.18. The summed E-state index contributed by atoms with van der Waals surface area (Å²) in [5.41, 5.74) is 6.56. The number of hydrogen-bond donors (Lipinski definition) is 1. The minimum atomic E-state index is 0.129. The van der Waals surface area contributed by atoms with Gasteiger partial charge in [0.15, 0.2) is 0 Å². The van der Waals surface area contributed by atoms with Crippen LogP contribution in [0.1, 0.15) is 31.6 Å².